The first kappa shape index (κ1) is 22.8. The number of rotatable bonds is 6. The lowest BCUT2D eigenvalue weighted by Crippen LogP contribution is -2.33. The summed E-state index contributed by atoms with van der Waals surface area (Å²) < 4.78 is 76.8. The number of thioether (sulfide) groups is 1. The highest BCUT2D eigenvalue weighted by Crippen LogP contribution is 2.37. The second kappa shape index (κ2) is 8.89. The lowest BCUT2D eigenvalue weighted by atomic mass is 9.93. The van der Waals surface area contributed by atoms with Gasteiger partial charge in [0.05, 0.1) is 7.11 Å². The minimum Gasteiger partial charge on any atom is -0.497 e. The zero-order valence-electron chi connectivity index (χ0n) is 16.7. The molecule has 1 aliphatic heterocycles. The van der Waals surface area contributed by atoms with E-state index in [-0.39, 0.29) is 46.4 Å². The first-order valence-electron chi connectivity index (χ1n) is 9.41. The molecule has 1 aliphatic rings. The lowest BCUT2D eigenvalue weighted by Gasteiger charge is -2.19. The van der Waals surface area contributed by atoms with E-state index in [2.05, 4.69) is 20.8 Å². The van der Waals surface area contributed by atoms with Crippen molar-refractivity contribution in [2.75, 3.05) is 19.0 Å². The van der Waals surface area contributed by atoms with Gasteiger partial charge >= 0.3 is 11.5 Å². The molecule has 0 radical (unpaired) electrons. The van der Waals surface area contributed by atoms with Gasteiger partial charge in [0.2, 0.25) is 11.8 Å². The van der Waals surface area contributed by atoms with E-state index in [9.17, 15) is 26.7 Å². The first-order chi connectivity index (χ1) is 15.6. The van der Waals surface area contributed by atoms with Crippen LogP contribution < -0.4 is 15.4 Å². The molecule has 2 atom stereocenters. The molecule has 7 nitrogen and oxygen atoms in total. The Bertz CT molecular complexity index is 1150. The number of halogens is 5. The second-order valence-corrected chi connectivity index (χ2v) is 8.10. The first-order valence-corrected chi connectivity index (χ1v) is 10.2. The molecule has 0 spiro atoms. The predicted molar refractivity (Wildman–Crippen MR) is 108 cm³/mol. The number of aromatic nitrogens is 2. The fourth-order valence-electron chi connectivity index (χ4n) is 3.42. The van der Waals surface area contributed by atoms with Crippen molar-refractivity contribution in [2.24, 2.45) is 0 Å². The maximum absolute atomic E-state index is 14.5. The number of benzene rings is 2. The van der Waals surface area contributed by atoms with Crippen LogP contribution in [-0.4, -0.2) is 41.3 Å². The standard InChI is InChI=1S/C20H15F5N4O3S/c1-31-10-6-13(21)15(14(22)7-10)12-8-26-17(30)16(12)27-19-29-28-18(32-19)9-2-4-11(5-3-9)33-20(23,24)25/h2-7,12,16H,8H2,1H3,(H,26,30)(H,27,29)/t12-,16-/m0/s1. The average molecular weight is 486 g/mol. The number of ether oxygens (including phenoxy) is 1. The van der Waals surface area contributed by atoms with Crippen LogP contribution in [0.2, 0.25) is 0 Å². The summed E-state index contributed by atoms with van der Waals surface area (Å²) in [5.74, 6) is -3.21. The molecule has 0 aliphatic carbocycles. The molecule has 174 valence electrons. The quantitative estimate of drug-likeness (QED) is 0.396. The molecule has 1 aromatic heterocycles. The fraction of sp³-hybridized carbons (Fsp3) is 0.250. The Morgan fingerprint density at radius 3 is 2.42 bits per heavy atom. The van der Waals surface area contributed by atoms with E-state index in [0.717, 1.165) is 12.1 Å². The van der Waals surface area contributed by atoms with Gasteiger partial charge in [0.15, 0.2) is 0 Å². The van der Waals surface area contributed by atoms with Gasteiger partial charge < -0.3 is 19.8 Å². The molecule has 0 unspecified atom stereocenters. The highest BCUT2D eigenvalue weighted by atomic mass is 32.2. The van der Waals surface area contributed by atoms with E-state index in [1.54, 1.807) is 0 Å². The van der Waals surface area contributed by atoms with Crippen LogP contribution in [0.25, 0.3) is 11.5 Å². The molecule has 13 heteroatoms. The Balaban J connectivity index is 1.53. The van der Waals surface area contributed by atoms with Gasteiger partial charge in [0.25, 0.3) is 0 Å². The van der Waals surface area contributed by atoms with E-state index >= 15 is 0 Å². The van der Waals surface area contributed by atoms with Gasteiger partial charge in [0.1, 0.15) is 23.4 Å². The summed E-state index contributed by atoms with van der Waals surface area (Å²) in [6, 6.07) is 5.98. The topological polar surface area (TPSA) is 89.3 Å². The van der Waals surface area contributed by atoms with Gasteiger partial charge in [-0.2, -0.15) is 13.2 Å². The molecule has 3 aromatic rings. The maximum Gasteiger partial charge on any atom is 0.446 e. The molecule has 0 bridgehead atoms. The predicted octanol–water partition coefficient (Wildman–Crippen LogP) is 4.33. The number of carbonyl (C=O) groups excluding carboxylic acids is 1. The molecule has 0 saturated carbocycles. The van der Waals surface area contributed by atoms with Crippen molar-refractivity contribution in [1.82, 2.24) is 15.5 Å². The molecule has 4 rings (SSSR count). The Labute approximate surface area is 187 Å². The van der Waals surface area contributed by atoms with Crippen LogP contribution in [0.1, 0.15) is 11.5 Å². The zero-order chi connectivity index (χ0) is 23.8. The molecule has 1 fully saturated rings. The summed E-state index contributed by atoms with van der Waals surface area (Å²) in [6.45, 7) is -0.0317. The van der Waals surface area contributed by atoms with Crippen molar-refractivity contribution < 1.29 is 35.9 Å². The smallest absolute Gasteiger partial charge is 0.446 e. The molecule has 1 amide bonds. The van der Waals surface area contributed by atoms with Crippen LogP contribution in [-0.2, 0) is 4.79 Å². The largest absolute Gasteiger partial charge is 0.497 e. The van der Waals surface area contributed by atoms with E-state index in [1.165, 1.54) is 31.4 Å². The SMILES string of the molecule is COc1cc(F)c([C@@H]2CNC(=O)[C@H]2Nc2nnc(-c3ccc(SC(F)(F)F)cc3)o2)c(F)c1. The Kier molecular flexibility index (Phi) is 6.15. The van der Waals surface area contributed by atoms with Crippen LogP contribution in [0.15, 0.2) is 45.7 Å². The van der Waals surface area contributed by atoms with Crippen LogP contribution in [0.3, 0.4) is 0 Å². The van der Waals surface area contributed by atoms with Gasteiger partial charge in [-0.3, -0.25) is 4.79 Å². The van der Waals surface area contributed by atoms with Crippen molar-refractivity contribution in [3.63, 3.8) is 0 Å². The van der Waals surface area contributed by atoms with Crippen molar-refractivity contribution >= 4 is 23.7 Å². The number of hydrogen-bond acceptors (Lipinski definition) is 7. The lowest BCUT2D eigenvalue weighted by molar-refractivity contribution is -0.119. The zero-order valence-corrected chi connectivity index (χ0v) is 17.6. The third kappa shape index (κ3) is 5.02. The minimum absolute atomic E-state index is 0.00302. The van der Waals surface area contributed by atoms with Crippen molar-refractivity contribution in [2.45, 2.75) is 22.4 Å². The number of anilines is 1. The van der Waals surface area contributed by atoms with Crippen LogP contribution in [0.4, 0.5) is 28.0 Å². The highest BCUT2D eigenvalue weighted by Gasteiger charge is 2.40. The maximum atomic E-state index is 14.5. The highest BCUT2D eigenvalue weighted by molar-refractivity contribution is 8.00. The third-order valence-electron chi connectivity index (χ3n) is 4.88. The molecule has 2 N–H and O–H groups in total. The van der Waals surface area contributed by atoms with Crippen LogP contribution >= 0.6 is 11.8 Å². The van der Waals surface area contributed by atoms with Gasteiger partial charge in [-0.1, -0.05) is 5.10 Å². The second-order valence-electron chi connectivity index (χ2n) is 6.96. The van der Waals surface area contributed by atoms with E-state index < -0.39 is 35.0 Å². The van der Waals surface area contributed by atoms with Crippen LogP contribution in [0.5, 0.6) is 5.75 Å². The number of nitrogens with one attached hydrogen (secondary N) is 2. The number of carbonyl (C=O) groups is 1. The summed E-state index contributed by atoms with van der Waals surface area (Å²) in [5.41, 5.74) is -4.37. The van der Waals surface area contributed by atoms with E-state index in [0.29, 0.717) is 5.56 Å². The van der Waals surface area contributed by atoms with E-state index in [4.69, 9.17) is 9.15 Å². The Hall–Kier alpha value is -3.35. The molecule has 2 heterocycles. The molecular formula is C20H15F5N4O3S. The number of amides is 1. The normalized spacial score (nSPS) is 18.3. The van der Waals surface area contributed by atoms with Crippen molar-refractivity contribution in [3.8, 4) is 17.2 Å². The Morgan fingerprint density at radius 2 is 1.82 bits per heavy atom. The molecule has 2 aromatic carbocycles. The van der Waals surface area contributed by atoms with Gasteiger partial charge in [-0.25, -0.2) is 8.78 Å². The summed E-state index contributed by atoms with van der Waals surface area (Å²) in [6.07, 6.45) is 0. The number of nitrogens with zero attached hydrogens (tertiary/aromatic N) is 2. The number of hydrogen-bond donors (Lipinski definition) is 2. The third-order valence-corrected chi connectivity index (χ3v) is 5.62. The molecule has 33 heavy (non-hydrogen) atoms. The van der Waals surface area contributed by atoms with Crippen molar-refractivity contribution in [1.29, 1.82) is 0 Å². The van der Waals surface area contributed by atoms with Crippen LogP contribution in [0, 0.1) is 11.6 Å². The summed E-state index contributed by atoms with van der Waals surface area (Å²) in [5, 5.41) is 12.8. The average Bonchev–Trinajstić information content (AvgIpc) is 3.35. The fourth-order valence-corrected chi connectivity index (χ4v) is 3.96. The summed E-state index contributed by atoms with van der Waals surface area (Å²) in [7, 11) is 1.27. The molecule has 1 saturated heterocycles. The van der Waals surface area contributed by atoms with Gasteiger partial charge in [-0.05, 0) is 36.0 Å². The minimum atomic E-state index is -4.41. The summed E-state index contributed by atoms with van der Waals surface area (Å²) in [4.78, 5) is 12.3. The van der Waals surface area contributed by atoms with E-state index in [1.807, 2.05) is 0 Å². The monoisotopic (exact) mass is 486 g/mol. The van der Waals surface area contributed by atoms with Crippen molar-refractivity contribution in [3.05, 3.63) is 53.6 Å². The summed E-state index contributed by atoms with van der Waals surface area (Å²) >= 11 is -0.259. The Morgan fingerprint density at radius 1 is 1.15 bits per heavy atom. The number of alkyl halides is 3. The molecular weight excluding hydrogens is 471 g/mol. The van der Waals surface area contributed by atoms with Gasteiger partial charge in [-0.15, -0.1) is 5.10 Å². The number of methoxy groups -OCH3 is 1. The van der Waals surface area contributed by atoms with Gasteiger partial charge in [0, 0.05) is 40.6 Å².